The van der Waals surface area contributed by atoms with E-state index in [0.717, 1.165) is 0 Å². The van der Waals surface area contributed by atoms with Crippen LogP contribution in [0.1, 0.15) is 6.92 Å². The van der Waals surface area contributed by atoms with Gasteiger partial charge in [-0.05, 0) is 37.3 Å². The van der Waals surface area contributed by atoms with E-state index in [9.17, 15) is 8.42 Å². The summed E-state index contributed by atoms with van der Waals surface area (Å²) < 4.78 is 39.3. The average molecular weight is 339 g/mol. The highest BCUT2D eigenvalue weighted by Crippen LogP contribution is 2.16. The lowest BCUT2D eigenvalue weighted by Crippen LogP contribution is -2.35. The van der Waals surface area contributed by atoms with Crippen LogP contribution in [0.15, 0.2) is 47.6 Å². The normalized spacial score (nSPS) is 13.0. The summed E-state index contributed by atoms with van der Waals surface area (Å²) in [5, 5.41) is 4.06. The monoisotopic (exact) mass is 339 g/mol. The maximum absolute atomic E-state index is 12.3. The van der Waals surface area contributed by atoms with Crippen molar-refractivity contribution >= 4 is 10.0 Å². The van der Waals surface area contributed by atoms with Gasteiger partial charge in [-0.3, -0.25) is 4.68 Å². The highest BCUT2D eigenvalue weighted by atomic mass is 32.2. The third kappa shape index (κ3) is 5.34. The maximum Gasteiger partial charge on any atom is 0.240 e. The zero-order valence-electron chi connectivity index (χ0n) is 13.2. The molecule has 2 aromatic rings. The van der Waals surface area contributed by atoms with E-state index in [4.69, 9.17) is 9.47 Å². The average Bonchev–Trinajstić information content (AvgIpc) is 3.00. The first kappa shape index (κ1) is 17.5. The Balaban J connectivity index is 1.95. The zero-order chi connectivity index (χ0) is 16.7. The van der Waals surface area contributed by atoms with Crippen molar-refractivity contribution in [3.05, 3.63) is 42.7 Å². The van der Waals surface area contributed by atoms with E-state index in [1.165, 1.54) is 12.1 Å². The Kier molecular flexibility index (Phi) is 6.14. The molecule has 23 heavy (non-hydrogen) atoms. The quantitative estimate of drug-likeness (QED) is 0.696. The lowest BCUT2D eigenvalue weighted by atomic mass is 10.3. The fourth-order valence-corrected chi connectivity index (χ4v) is 3.25. The molecule has 0 unspecified atom stereocenters. The highest BCUT2D eigenvalue weighted by Gasteiger charge is 2.17. The van der Waals surface area contributed by atoms with Crippen molar-refractivity contribution in [3.8, 4) is 5.75 Å². The number of nitrogens with zero attached hydrogens (tertiary/aromatic N) is 2. The molecule has 2 rings (SSSR count). The van der Waals surface area contributed by atoms with Gasteiger partial charge in [0.1, 0.15) is 12.4 Å². The van der Waals surface area contributed by atoms with E-state index in [1.807, 2.05) is 0 Å². The summed E-state index contributed by atoms with van der Waals surface area (Å²) in [5.41, 5.74) is 0. The van der Waals surface area contributed by atoms with Crippen molar-refractivity contribution in [2.45, 2.75) is 24.4 Å². The van der Waals surface area contributed by atoms with E-state index in [1.54, 1.807) is 49.3 Å². The molecule has 0 saturated heterocycles. The first-order chi connectivity index (χ1) is 11.0. The Labute approximate surface area is 136 Å². The van der Waals surface area contributed by atoms with Gasteiger partial charge in [-0.15, -0.1) is 0 Å². The maximum atomic E-state index is 12.3. The van der Waals surface area contributed by atoms with Gasteiger partial charge in [0.15, 0.2) is 0 Å². The SMILES string of the molecule is COCCOc1ccc(S(=O)(=O)N[C@H](C)Cn2cccn2)cc1. The van der Waals surface area contributed by atoms with Crippen LogP contribution < -0.4 is 9.46 Å². The molecule has 1 atom stereocenters. The molecule has 8 heteroatoms. The fraction of sp³-hybridized carbons (Fsp3) is 0.400. The molecule has 0 aliphatic rings. The summed E-state index contributed by atoms with van der Waals surface area (Å²) >= 11 is 0. The van der Waals surface area contributed by atoms with Crippen LogP contribution in [0, 0.1) is 0 Å². The molecule has 0 aliphatic heterocycles. The van der Waals surface area contributed by atoms with Crippen LogP contribution in [-0.2, 0) is 21.3 Å². The number of hydrogen-bond donors (Lipinski definition) is 1. The number of methoxy groups -OCH3 is 1. The van der Waals surface area contributed by atoms with Gasteiger partial charge < -0.3 is 9.47 Å². The lowest BCUT2D eigenvalue weighted by molar-refractivity contribution is 0.146. The van der Waals surface area contributed by atoms with Gasteiger partial charge in [-0.25, -0.2) is 13.1 Å². The van der Waals surface area contributed by atoms with Crippen LogP contribution in [-0.4, -0.2) is 44.6 Å². The van der Waals surface area contributed by atoms with E-state index >= 15 is 0 Å². The molecule has 0 aliphatic carbocycles. The van der Waals surface area contributed by atoms with E-state index < -0.39 is 10.0 Å². The second-order valence-corrected chi connectivity index (χ2v) is 6.78. The van der Waals surface area contributed by atoms with Gasteiger partial charge >= 0.3 is 0 Å². The van der Waals surface area contributed by atoms with Crippen molar-refractivity contribution in [1.29, 1.82) is 0 Å². The molecular formula is C15H21N3O4S. The second-order valence-electron chi connectivity index (χ2n) is 5.06. The number of nitrogens with one attached hydrogen (secondary N) is 1. The van der Waals surface area contributed by atoms with Gasteiger partial charge in [-0.2, -0.15) is 5.10 Å². The predicted molar refractivity (Wildman–Crippen MR) is 85.8 cm³/mol. The molecule has 1 N–H and O–H groups in total. The molecule has 126 valence electrons. The predicted octanol–water partition coefficient (Wildman–Crippen LogP) is 1.28. The number of sulfonamides is 1. The number of benzene rings is 1. The Morgan fingerprint density at radius 1 is 1.26 bits per heavy atom. The minimum Gasteiger partial charge on any atom is -0.491 e. The van der Waals surface area contributed by atoms with Crippen molar-refractivity contribution in [2.24, 2.45) is 0 Å². The van der Waals surface area contributed by atoms with Gasteiger partial charge in [0.05, 0.1) is 18.0 Å². The summed E-state index contributed by atoms with van der Waals surface area (Å²) in [6.45, 7) is 3.15. The molecule has 1 aromatic carbocycles. The smallest absolute Gasteiger partial charge is 0.240 e. The van der Waals surface area contributed by atoms with Crippen LogP contribution in [0.2, 0.25) is 0 Å². The Hall–Kier alpha value is -1.90. The minimum absolute atomic E-state index is 0.198. The molecule has 0 fully saturated rings. The van der Waals surface area contributed by atoms with E-state index in [2.05, 4.69) is 9.82 Å². The number of aromatic nitrogens is 2. The largest absolute Gasteiger partial charge is 0.491 e. The van der Waals surface area contributed by atoms with Crippen molar-refractivity contribution in [2.75, 3.05) is 20.3 Å². The number of ether oxygens (including phenoxy) is 2. The molecule has 1 heterocycles. The molecule has 0 saturated carbocycles. The topological polar surface area (TPSA) is 82.5 Å². The molecule has 0 radical (unpaired) electrons. The number of rotatable bonds is 9. The first-order valence-corrected chi connectivity index (χ1v) is 8.71. The minimum atomic E-state index is -3.58. The molecule has 1 aromatic heterocycles. The van der Waals surface area contributed by atoms with Crippen LogP contribution in [0.4, 0.5) is 0 Å². The molecular weight excluding hydrogens is 318 g/mol. The lowest BCUT2D eigenvalue weighted by Gasteiger charge is -2.14. The van der Waals surface area contributed by atoms with Gasteiger partial charge in [0.2, 0.25) is 10.0 Å². The van der Waals surface area contributed by atoms with Gasteiger partial charge in [0, 0.05) is 25.5 Å². The Morgan fingerprint density at radius 3 is 2.61 bits per heavy atom. The van der Waals surface area contributed by atoms with Crippen LogP contribution in [0.3, 0.4) is 0 Å². The zero-order valence-corrected chi connectivity index (χ0v) is 14.0. The fourth-order valence-electron chi connectivity index (χ4n) is 2.02. The van der Waals surface area contributed by atoms with Gasteiger partial charge in [0.25, 0.3) is 0 Å². The van der Waals surface area contributed by atoms with Crippen molar-refractivity contribution < 1.29 is 17.9 Å². The highest BCUT2D eigenvalue weighted by molar-refractivity contribution is 7.89. The second kappa shape index (κ2) is 8.09. The van der Waals surface area contributed by atoms with E-state index in [0.29, 0.717) is 25.5 Å². The van der Waals surface area contributed by atoms with Crippen LogP contribution in [0.5, 0.6) is 5.75 Å². The summed E-state index contributed by atoms with van der Waals surface area (Å²) in [6, 6.07) is 7.81. The number of hydrogen-bond acceptors (Lipinski definition) is 5. The molecule has 0 amide bonds. The van der Waals surface area contributed by atoms with Crippen molar-refractivity contribution in [1.82, 2.24) is 14.5 Å². The Bertz CT molecular complexity index is 684. The summed E-state index contributed by atoms with van der Waals surface area (Å²) in [5.74, 6) is 0.602. The van der Waals surface area contributed by atoms with Crippen LogP contribution >= 0.6 is 0 Å². The standard InChI is InChI=1S/C15H21N3O4S/c1-13(12-18-9-3-8-16-18)17-23(19,20)15-6-4-14(5-7-15)22-11-10-21-2/h3-9,13,17H,10-12H2,1-2H3/t13-/m1/s1. The van der Waals surface area contributed by atoms with Crippen molar-refractivity contribution in [3.63, 3.8) is 0 Å². The van der Waals surface area contributed by atoms with Gasteiger partial charge in [-0.1, -0.05) is 0 Å². The third-order valence-electron chi connectivity index (χ3n) is 3.07. The first-order valence-electron chi connectivity index (χ1n) is 7.23. The summed E-state index contributed by atoms with van der Waals surface area (Å²) in [4.78, 5) is 0.198. The molecule has 7 nitrogen and oxygen atoms in total. The summed E-state index contributed by atoms with van der Waals surface area (Å²) in [7, 11) is -1.98. The van der Waals surface area contributed by atoms with Crippen LogP contribution in [0.25, 0.3) is 0 Å². The Morgan fingerprint density at radius 2 is 2.00 bits per heavy atom. The third-order valence-corrected chi connectivity index (χ3v) is 4.67. The molecule has 0 bridgehead atoms. The molecule has 0 spiro atoms. The summed E-state index contributed by atoms with van der Waals surface area (Å²) in [6.07, 6.45) is 3.44. The van der Waals surface area contributed by atoms with E-state index in [-0.39, 0.29) is 10.9 Å².